The highest BCUT2D eigenvalue weighted by atomic mass is 16.6. The number of aryl methyl sites for hydroxylation is 4. The second-order valence-electron chi connectivity index (χ2n) is 21.2. The predicted molar refractivity (Wildman–Crippen MR) is 292 cm³/mol. The highest BCUT2D eigenvalue weighted by Crippen LogP contribution is 2.34. The number of hydrogen-bond donors (Lipinski definition) is 3. The van der Waals surface area contributed by atoms with Gasteiger partial charge in [-0.25, -0.2) is 14.8 Å². The van der Waals surface area contributed by atoms with Crippen molar-refractivity contribution in [2.45, 2.75) is 131 Å². The van der Waals surface area contributed by atoms with Crippen LogP contribution in [0.25, 0.3) is 22.8 Å². The van der Waals surface area contributed by atoms with Gasteiger partial charge in [0.25, 0.3) is 11.8 Å². The molecule has 14 heteroatoms. The molecule has 14 nitrogen and oxygen atoms in total. The van der Waals surface area contributed by atoms with Gasteiger partial charge >= 0.3 is 6.09 Å². The van der Waals surface area contributed by atoms with Gasteiger partial charge in [0.2, 0.25) is 0 Å². The molecule has 0 atom stereocenters. The summed E-state index contributed by atoms with van der Waals surface area (Å²) in [6.45, 7) is 21.6. The Balaban J connectivity index is 0.000000195. The fraction of sp³-hybridized carbons (Fsp3) is 0.426. The lowest BCUT2D eigenvalue weighted by Crippen LogP contribution is -2.39. The summed E-state index contributed by atoms with van der Waals surface area (Å²) in [5, 5.41) is 21.5. The van der Waals surface area contributed by atoms with Crippen LogP contribution in [0.15, 0.2) is 72.8 Å². The van der Waals surface area contributed by atoms with Crippen molar-refractivity contribution < 1.29 is 20.5 Å². The quantitative estimate of drug-likeness (QED) is 0.146. The van der Waals surface area contributed by atoms with Crippen LogP contribution in [0.1, 0.15) is 161 Å². The number of piperidine rings is 2. The first-order valence-electron chi connectivity index (χ1n) is 27.1. The Morgan fingerprint density at radius 1 is 0.640 bits per heavy atom. The number of carbonyl (C=O) groups excluding carboxylic acids is 3. The molecule has 2 saturated heterocycles. The maximum Gasteiger partial charge on any atom is 0.410 e. The van der Waals surface area contributed by atoms with E-state index in [1.54, 1.807) is 11.8 Å². The van der Waals surface area contributed by atoms with Gasteiger partial charge in [-0.15, -0.1) is 0 Å². The first-order valence-corrected chi connectivity index (χ1v) is 26.4. The Labute approximate surface area is 443 Å². The number of aromatic nitrogens is 4. The third kappa shape index (κ3) is 12.4. The van der Waals surface area contributed by atoms with Crippen LogP contribution in [0, 0.1) is 50.4 Å². The zero-order chi connectivity index (χ0) is 54.3. The lowest BCUT2D eigenvalue weighted by molar-refractivity contribution is 0.0220. The van der Waals surface area contributed by atoms with Crippen molar-refractivity contribution in [1.82, 2.24) is 40.0 Å². The van der Waals surface area contributed by atoms with Crippen molar-refractivity contribution in [3.8, 4) is 34.9 Å². The van der Waals surface area contributed by atoms with Gasteiger partial charge < -0.3 is 34.7 Å². The molecule has 0 saturated carbocycles. The first kappa shape index (κ1) is 52.3. The van der Waals surface area contributed by atoms with E-state index in [-0.39, 0.29) is 17.9 Å². The number of ether oxygens (including phenoxy) is 1. The molecule has 10 rings (SSSR count). The monoisotopic (exact) mass is 1010 g/mol. The smallest absolute Gasteiger partial charge is 0.410 e. The topological polar surface area (TPSA) is 187 Å². The summed E-state index contributed by atoms with van der Waals surface area (Å²) in [6.07, 6.45) is 4.92. The van der Waals surface area contributed by atoms with E-state index >= 15 is 0 Å². The number of carbonyl (C=O) groups is 3. The van der Waals surface area contributed by atoms with Gasteiger partial charge in [0.05, 0.1) is 52.6 Å². The summed E-state index contributed by atoms with van der Waals surface area (Å²) in [7, 11) is 0. The summed E-state index contributed by atoms with van der Waals surface area (Å²) >= 11 is 0. The van der Waals surface area contributed by atoms with Crippen molar-refractivity contribution in [3.05, 3.63) is 151 Å². The molecule has 0 radical (unpaired) electrons. The largest absolute Gasteiger partial charge is 0.444 e. The number of likely N-dealkylation sites (tertiary alicyclic amines) is 2. The second-order valence-corrected chi connectivity index (χ2v) is 21.2. The second kappa shape index (κ2) is 23.3. The molecule has 0 unspecified atom stereocenters. The number of imidazole rings is 2. The number of nitrogens with zero attached hydrogens (tertiary/aromatic N) is 7. The van der Waals surface area contributed by atoms with E-state index in [4.69, 9.17) is 26.6 Å². The van der Waals surface area contributed by atoms with Gasteiger partial charge in [0.1, 0.15) is 17.2 Å². The zero-order valence-electron chi connectivity index (χ0n) is 46.0. The number of aromatic amines is 2. The lowest BCUT2D eigenvalue weighted by Gasteiger charge is -2.32. The van der Waals surface area contributed by atoms with Crippen molar-refractivity contribution in [3.63, 3.8) is 0 Å². The summed E-state index contributed by atoms with van der Waals surface area (Å²) in [5.41, 5.74) is 14.9. The Bertz CT molecular complexity index is 3120. The predicted octanol–water partition coefficient (Wildman–Crippen LogP) is 11.1. The number of nitrogens with one attached hydrogen (secondary N) is 3. The highest BCUT2D eigenvalue weighted by molar-refractivity contribution is 5.98. The van der Waals surface area contributed by atoms with Crippen molar-refractivity contribution in [2.75, 3.05) is 39.3 Å². The number of nitriles is 2. The van der Waals surface area contributed by atoms with Crippen LogP contribution < -0.4 is 5.32 Å². The first-order chi connectivity index (χ1) is 36.5. The molecule has 0 bridgehead atoms. The minimum absolute atomic E-state index is 0.0458. The van der Waals surface area contributed by atoms with Crippen molar-refractivity contribution >= 4 is 17.9 Å². The van der Waals surface area contributed by atoms with Crippen LogP contribution in [-0.4, -0.2) is 97.4 Å². The molecule has 2 fully saturated rings. The van der Waals surface area contributed by atoms with E-state index in [1.807, 2.05) is 99.9 Å². The normalized spacial score (nSPS) is 15.9. The van der Waals surface area contributed by atoms with E-state index in [0.717, 1.165) is 132 Å². The Kier molecular flexibility index (Phi) is 16.3. The number of benzene rings is 4. The van der Waals surface area contributed by atoms with Crippen LogP contribution in [0.4, 0.5) is 4.79 Å². The van der Waals surface area contributed by atoms with Crippen molar-refractivity contribution in [1.29, 1.82) is 10.5 Å². The standard InChI is InChI=1S/C32H37N5O3.C27H29N5O.C2H6/c1-20-16-21(2)26(30(38)36-13-10-24(11-14-36)23-8-6-22(18-33)7-9-23)17-25(20)29-34-27-12-15-37(19-28(27)35-29)31(39)40-32(3,4)5;1-17-13-18(2)23(14-22(17)26-30-24-7-10-29-16-25(24)31-26)27(33)32-11-8-21(9-12-32)20-5-3-19(15-28)4-6-20;1-2/h6-9,16-17,24H,10-15,19H2,1-5H3,(H,34,35);3-6,13-14,21,29H,7-12,16H2,1-2H3,(H,30,31);1-2H3/i;;1D. The van der Waals surface area contributed by atoms with Crippen LogP contribution in [0.3, 0.4) is 0 Å². The Hall–Kier alpha value is -7.55. The van der Waals surface area contributed by atoms with Gasteiger partial charge in [0.15, 0.2) is 0 Å². The average molecular weight is 1010 g/mol. The molecule has 2 aromatic heterocycles. The number of H-pyrrole nitrogens is 2. The number of rotatable bonds is 6. The Morgan fingerprint density at radius 3 is 1.51 bits per heavy atom. The maximum absolute atomic E-state index is 13.7. The van der Waals surface area contributed by atoms with Gasteiger partial charge in [-0.1, -0.05) is 50.2 Å². The molecular formula is C61H72N10O4. The number of fused-ring (bicyclic) bond motifs is 2. The highest BCUT2D eigenvalue weighted by Gasteiger charge is 2.31. The van der Waals surface area contributed by atoms with E-state index < -0.39 is 5.60 Å². The molecule has 3 N–H and O–H groups in total. The third-order valence-electron chi connectivity index (χ3n) is 14.9. The summed E-state index contributed by atoms with van der Waals surface area (Å²) in [4.78, 5) is 62.0. The van der Waals surface area contributed by atoms with Gasteiger partial charge in [-0.05, 0) is 156 Å². The summed E-state index contributed by atoms with van der Waals surface area (Å²) < 4.78 is 11.8. The minimum Gasteiger partial charge on any atom is -0.444 e. The van der Waals surface area contributed by atoms with E-state index in [1.165, 1.54) is 11.1 Å². The molecule has 4 aliphatic heterocycles. The zero-order valence-corrected chi connectivity index (χ0v) is 45.0. The third-order valence-corrected chi connectivity index (χ3v) is 14.9. The SMILES string of the molecule is Cc1cc(C)c(-c2nc3c([nH]2)CN(C(=O)OC(C)(C)C)CC3)cc1C(=O)N1CCC(c2ccc(C#N)cc2)CC1.Cc1cc(C)c(-c2nc3c([nH]2)CNCC3)cc1C(=O)N1CCC(c2ccc(C#N)cc2)CC1.[2H]CC. The molecule has 0 spiro atoms. The lowest BCUT2D eigenvalue weighted by atomic mass is 9.88. The molecule has 6 heterocycles. The summed E-state index contributed by atoms with van der Waals surface area (Å²) in [6, 6.07) is 28.2. The molecule has 75 heavy (non-hydrogen) atoms. The molecule has 4 aliphatic rings. The maximum atomic E-state index is 13.7. The fourth-order valence-electron chi connectivity index (χ4n) is 10.8. The van der Waals surface area contributed by atoms with Crippen LogP contribution in [0.2, 0.25) is 0 Å². The number of amides is 3. The minimum atomic E-state index is -0.544. The molecule has 6 aromatic rings. The van der Waals surface area contributed by atoms with E-state index in [2.05, 4.69) is 58.6 Å². The molecule has 3 amide bonds. The van der Waals surface area contributed by atoms with E-state index in [0.29, 0.717) is 68.0 Å². The molecular weight excluding hydrogens is 937 g/mol. The van der Waals surface area contributed by atoms with Crippen LogP contribution >= 0.6 is 0 Å². The summed E-state index contributed by atoms with van der Waals surface area (Å²) in [5.74, 6) is 2.55. The van der Waals surface area contributed by atoms with Crippen molar-refractivity contribution in [2.24, 2.45) is 0 Å². The molecule has 4 aromatic carbocycles. The van der Waals surface area contributed by atoms with E-state index in [9.17, 15) is 14.4 Å². The fourth-order valence-corrected chi connectivity index (χ4v) is 10.8. The van der Waals surface area contributed by atoms with Gasteiger partial charge in [-0.3, -0.25) is 9.59 Å². The number of hydrogen-bond acceptors (Lipinski definition) is 9. The van der Waals surface area contributed by atoms with Gasteiger partial charge in [-0.2, -0.15) is 10.5 Å². The average Bonchev–Trinajstić information content (AvgIpc) is 4.05. The molecule has 0 aliphatic carbocycles. The molecule has 390 valence electrons. The Morgan fingerprint density at radius 2 is 1.08 bits per heavy atom. The van der Waals surface area contributed by atoms with Crippen LogP contribution in [-0.2, 0) is 30.7 Å². The van der Waals surface area contributed by atoms with Crippen LogP contribution in [0.5, 0.6) is 0 Å². The van der Waals surface area contributed by atoms with Gasteiger partial charge in [0, 0.05) is 82.3 Å².